The van der Waals surface area contributed by atoms with Crippen LogP contribution in [0.2, 0.25) is 0 Å². The van der Waals surface area contributed by atoms with E-state index in [0.717, 1.165) is 23.2 Å². The third kappa shape index (κ3) is 1.90. The number of aryl methyl sites for hydroxylation is 1. The van der Waals surface area contributed by atoms with Gasteiger partial charge < -0.3 is 9.67 Å². The number of nitrogens with zero attached hydrogens (tertiary/aromatic N) is 2. The molecule has 1 N–H and O–H groups in total. The third-order valence-electron chi connectivity index (χ3n) is 2.39. The van der Waals surface area contributed by atoms with Crippen LogP contribution in [0.15, 0.2) is 24.3 Å². The van der Waals surface area contributed by atoms with Crippen molar-refractivity contribution in [1.29, 1.82) is 0 Å². The van der Waals surface area contributed by atoms with Crippen molar-refractivity contribution < 1.29 is 9.90 Å². The first-order valence-electron chi connectivity index (χ1n) is 5.03. The molecule has 0 aliphatic carbocycles. The molecule has 0 saturated carbocycles. The summed E-state index contributed by atoms with van der Waals surface area (Å²) < 4.78 is 1.73. The summed E-state index contributed by atoms with van der Waals surface area (Å²) in [6.07, 6.45) is 0.823. The number of imidazole rings is 1. The van der Waals surface area contributed by atoms with Gasteiger partial charge in [0.05, 0.1) is 11.0 Å². The standard InChI is InChI=1S/C11H12N2O2S/c14-11(15)10-12-8-4-1-2-5-9(8)13(10)6-3-7-16/h1-2,4-5,16H,3,6-7H2,(H,14,15). The zero-order chi connectivity index (χ0) is 11.5. The monoisotopic (exact) mass is 236 g/mol. The Morgan fingerprint density at radius 2 is 2.19 bits per heavy atom. The van der Waals surface area contributed by atoms with Gasteiger partial charge in [0.1, 0.15) is 0 Å². The molecule has 0 unspecified atom stereocenters. The highest BCUT2D eigenvalue weighted by atomic mass is 32.1. The molecule has 0 bridgehead atoms. The lowest BCUT2D eigenvalue weighted by Crippen LogP contribution is -2.10. The normalized spacial score (nSPS) is 10.8. The van der Waals surface area contributed by atoms with Crippen molar-refractivity contribution in [2.75, 3.05) is 5.75 Å². The molecule has 0 spiro atoms. The number of hydrogen-bond acceptors (Lipinski definition) is 3. The number of carboxylic acid groups (broad SMARTS) is 1. The van der Waals surface area contributed by atoms with Gasteiger partial charge in [-0.1, -0.05) is 12.1 Å². The number of para-hydroxylation sites is 2. The first kappa shape index (κ1) is 11.0. The molecular formula is C11H12N2O2S. The topological polar surface area (TPSA) is 55.1 Å². The second-order valence-electron chi connectivity index (χ2n) is 3.46. The molecule has 2 rings (SSSR count). The van der Waals surface area contributed by atoms with Crippen LogP contribution < -0.4 is 0 Å². The first-order chi connectivity index (χ1) is 7.74. The van der Waals surface area contributed by atoms with Crippen molar-refractivity contribution in [3.8, 4) is 0 Å². The van der Waals surface area contributed by atoms with E-state index < -0.39 is 5.97 Å². The number of hydrogen-bond donors (Lipinski definition) is 2. The van der Waals surface area contributed by atoms with E-state index in [1.165, 1.54) is 0 Å². The minimum atomic E-state index is -0.990. The van der Waals surface area contributed by atoms with Crippen LogP contribution >= 0.6 is 12.6 Å². The Hall–Kier alpha value is -1.49. The van der Waals surface area contributed by atoms with E-state index in [1.54, 1.807) is 4.57 Å². The molecule has 0 radical (unpaired) electrons. The maximum Gasteiger partial charge on any atom is 0.372 e. The second kappa shape index (κ2) is 4.57. The summed E-state index contributed by atoms with van der Waals surface area (Å²) in [5.41, 5.74) is 1.58. The number of aromatic carboxylic acids is 1. The van der Waals surface area contributed by atoms with Crippen LogP contribution in [0.4, 0.5) is 0 Å². The molecule has 2 aromatic rings. The summed E-state index contributed by atoms with van der Waals surface area (Å²) in [5.74, 6) is -0.163. The molecule has 0 aliphatic rings. The van der Waals surface area contributed by atoms with E-state index in [1.807, 2.05) is 24.3 Å². The van der Waals surface area contributed by atoms with Crippen molar-refractivity contribution in [1.82, 2.24) is 9.55 Å². The van der Waals surface area contributed by atoms with E-state index in [4.69, 9.17) is 5.11 Å². The molecule has 0 aliphatic heterocycles. The van der Waals surface area contributed by atoms with Gasteiger partial charge in [-0.2, -0.15) is 12.6 Å². The zero-order valence-electron chi connectivity index (χ0n) is 8.63. The fourth-order valence-electron chi connectivity index (χ4n) is 1.69. The summed E-state index contributed by atoms with van der Waals surface area (Å²) in [5, 5.41) is 9.06. The molecule has 5 heteroatoms. The third-order valence-corrected chi connectivity index (χ3v) is 2.70. The lowest BCUT2D eigenvalue weighted by molar-refractivity contribution is 0.0678. The molecule has 1 aromatic heterocycles. The quantitative estimate of drug-likeness (QED) is 0.799. The Morgan fingerprint density at radius 3 is 2.88 bits per heavy atom. The first-order valence-corrected chi connectivity index (χ1v) is 5.66. The van der Waals surface area contributed by atoms with Gasteiger partial charge in [-0.05, 0) is 24.3 Å². The van der Waals surface area contributed by atoms with Gasteiger partial charge in [0.2, 0.25) is 5.82 Å². The van der Waals surface area contributed by atoms with Crippen molar-refractivity contribution >= 4 is 29.6 Å². The Balaban J connectivity index is 2.55. The summed E-state index contributed by atoms with van der Waals surface area (Å²) in [6, 6.07) is 7.43. The fraction of sp³-hybridized carbons (Fsp3) is 0.273. The number of aromatic nitrogens is 2. The van der Waals surface area contributed by atoms with Crippen LogP contribution in [0.3, 0.4) is 0 Å². The van der Waals surface area contributed by atoms with E-state index in [2.05, 4.69) is 17.6 Å². The van der Waals surface area contributed by atoms with E-state index >= 15 is 0 Å². The summed E-state index contributed by atoms with van der Waals surface area (Å²) in [7, 11) is 0. The van der Waals surface area contributed by atoms with Gasteiger partial charge in [-0.25, -0.2) is 9.78 Å². The predicted octanol–water partition coefficient (Wildman–Crippen LogP) is 2.05. The van der Waals surface area contributed by atoms with Crippen LogP contribution in [0.25, 0.3) is 11.0 Å². The maximum atomic E-state index is 11.1. The Labute approximate surface area is 98.3 Å². The van der Waals surface area contributed by atoms with Gasteiger partial charge in [-0.15, -0.1) is 0 Å². The maximum absolute atomic E-state index is 11.1. The molecule has 4 nitrogen and oxygen atoms in total. The van der Waals surface area contributed by atoms with E-state index in [0.29, 0.717) is 6.54 Å². The van der Waals surface area contributed by atoms with Crippen molar-refractivity contribution in [3.63, 3.8) is 0 Å². The van der Waals surface area contributed by atoms with Crippen LogP contribution in [0.1, 0.15) is 17.0 Å². The minimum absolute atomic E-state index is 0.1000. The second-order valence-corrected chi connectivity index (χ2v) is 3.91. The number of thiol groups is 1. The molecular weight excluding hydrogens is 224 g/mol. The smallest absolute Gasteiger partial charge is 0.372 e. The number of rotatable bonds is 4. The Kier molecular flexibility index (Phi) is 3.14. The largest absolute Gasteiger partial charge is 0.475 e. The molecule has 0 saturated heterocycles. The van der Waals surface area contributed by atoms with Crippen LogP contribution in [-0.4, -0.2) is 26.4 Å². The van der Waals surface area contributed by atoms with Crippen molar-refractivity contribution in [2.24, 2.45) is 0 Å². The zero-order valence-corrected chi connectivity index (χ0v) is 9.52. The van der Waals surface area contributed by atoms with Gasteiger partial charge in [0.25, 0.3) is 0 Å². The van der Waals surface area contributed by atoms with Crippen LogP contribution in [0.5, 0.6) is 0 Å². The lowest BCUT2D eigenvalue weighted by Gasteiger charge is -2.04. The summed E-state index contributed by atoms with van der Waals surface area (Å²) in [4.78, 5) is 15.2. The summed E-state index contributed by atoms with van der Waals surface area (Å²) in [6.45, 7) is 0.631. The lowest BCUT2D eigenvalue weighted by atomic mass is 10.3. The summed E-state index contributed by atoms with van der Waals surface area (Å²) >= 11 is 4.13. The number of carbonyl (C=O) groups is 1. The van der Waals surface area contributed by atoms with E-state index in [9.17, 15) is 4.79 Å². The molecule has 1 heterocycles. The van der Waals surface area contributed by atoms with E-state index in [-0.39, 0.29) is 5.82 Å². The van der Waals surface area contributed by atoms with Crippen molar-refractivity contribution in [2.45, 2.75) is 13.0 Å². The number of benzene rings is 1. The average molecular weight is 236 g/mol. The minimum Gasteiger partial charge on any atom is -0.475 e. The van der Waals surface area contributed by atoms with Gasteiger partial charge >= 0.3 is 5.97 Å². The molecule has 16 heavy (non-hydrogen) atoms. The average Bonchev–Trinajstić information content (AvgIpc) is 2.65. The molecule has 0 atom stereocenters. The number of fused-ring (bicyclic) bond motifs is 1. The fourth-order valence-corrected chi connectivity index (χ4v) is 1.84. The molecule has 84 valence electrons. The predicted molar refractivity (Wildman–Crippen MR) is 65.2 cm³/mol. The molecule has 0 fully saturated rings. The highest BCUT2D eigenvalue weighted by molar-refractivity contribution is 7.80. The molecule has 1 aromatic carbocycles. The van der Waals surface area contributed by atoms with Crippen LogP contribution in [0, 0.1) is 0 Å². The van der Waals surface area contributed by atoms with Gasteiger partial charge in [0, 0.05) is 6.54 Å². The Morgan fingerprint density at radius 1 is 1.44 bits per heavy atom. The highest BCUT2D eigenvalue weighted by Crippen LogP contribution is 2.16. The SMILES string of the molecule is O=C(O)c1nc2ccccc2n1CCCS. The number of carboxylic acids is 1. The highest BCUT2D eigenvalue weighted by Gasteiger charge is 2.15. The van der Waals surface area contributed by atoms with Crippen LogP contribution in [-0.2, 0) is 6.54 Å². The molecule has 0 amide bonds. The van der Waals surface area contributed by atoms with Crippen molar-refractivity contribution in [3.05, 3.63) is 30.1 Å². The Bertz CT molecular complexity index is 522. The van der Waals surface area contributed by atoms with Gasteiger partial charge in [-0.3, -0.25) is 0 Å². The van der Waals surface area contributed by atoms with Gasteiger partial charge in [0.15, 0.2) is 0 Å².